The van der Waals surface area contributed by atoms with Crippen molar-refractivity contribution in [2.45, 2.75) is 33.3 Å². The summed E-state index contributed by atoms with van der Waals surface area (Å²) >= 11 is 5.72. The van der Waals surface area contributed by atoms with Crippen LogP contribution in [0.25, 0.3) is 0 Å². The van der Waals surface area contributed by atoms with Gasteiger partial charge in [0.05, 0.1) is 10.7 Å². The third-order valence-corrected chi connectivity index (χ3v) is 3.33. The molecule has 0 aliphatic heterocycles. The molecule has 2 heterocycles. The summed E-state index contributed by atoms with van der Waals surface area (Å²) in [7, 11) is 0. The van der Waals surface area contributed by atoms with Gasteiger partial charge < -0.3 is 14.6 Å². The molecule has 1 N–H and O–H groups in total. The molecular weight excluding hydrogens is 322 g/mol. The van der Waals surface area contributed by atoms with Gasteiger partial charge in [-0.25, -0.2) is 9.78 Å². The van der Waals surface area contributed by atoms with Gasteiger partial charge in [0.2, 0.25) is 0 Å². The summed E-state index contributed by atoms with van der Waals surface area (Å²) in [6.45, 7) is 4.93. The second-order valence-corrected chi connectivity index (χ2v) is 5.25. The average molecular weight is 338 g/mol. The molecule has 0 saturated heterocycles. The first-order valence-electron chi connectivity index (χ1n) is 7.01. The van der Waals surface area contributed by atoms with E-state index in [4.69, 9.17) is 20.9 Å². The molecule has 0 aliphatic carbocycles. The number of aromatic nitrogens is 2. The lowest BCUT2D eigenvalue weighted by Gasteiger charge is -2.13. The largest absolute Gasteiger partial charge is 0.449 e. The maximum Gasteiger partial charge on any atom is 0.344 e. The zero-order valence-corrected chi connectivity index (χ0v) is 13.7. The van der Waals surface area contributed by atoms with Crippen LogP contribution in [0, 0.1) is 6.92 Å². The zero-order valence-electron chi connectivity index (χ0n) is 12.9. The van der Waals surface area contributed by atoms with Crippen molar-refractivity contribution >= 4 is 29.3 Å². The Hall–Kier alpha value is -2.41. The Morgan fingerprint density at radius 2 is 2.17 bits per heavy atom. The highest BCUT2D eigenvalue weighted by Crippen LogP contribution is 2.16. The number of hydrogen-bond donors (Lipinski definition) is 1. The summed E-state index contributed by atoms with van der Waals surface area (Å²) in [5.41, 5.74) is 0.760. The molecule has 2 aromatic heterocycles. The summed E-state index contributed by atoms with van der Waals surface area (Å²) in [6.07, 6.45) is 0.929. The highest BCUT2D eigenvalue weighted by atomic mass is 35.5. The van der Waals surface area contributed by atoms with Crippen molar-refractivity contribution in [3.05, 3.63) is 40.4 Å². The van der Waals surface area contributed by atoms with Gasteiger partial charge in [0.15, 0.2) is 6.10 Å². The van der Waals surface area contributed by atoms with E-state index in [-0.39, 0.29) is 5.56 Å². The molecule has 23 heavy (non-hydrogen) atoms. The van der Waals surface area contributed by atoms with Gasteiger partial charge in [0, 0.05) is 6.20 Å². The number of nitrogens with zero attached hydrogens (tertiary/aromatic N) is 2. The maximum absolute atomic E-state index is 12.2. The number of rotatable bonds is 5. The normalized spacial score (nSPS) is 11.8. The lowest BCUT2D eigenvalue weighted by Crippen LogP contribution is -2.30. The van der Waals surface area contributed by atoms with Crippen LogP contribution in [0.4, 0.5) is 5.82 Å². The van der Waals surface area contributed by atoms with Crippen molar-refractivity contribution in [2.75, 3.05) is 5.32 Å². The predicted molar refractivity (Wildman–Crippen MR) is 83.4 cm³/mol. The fourth-order valence-corrected chi connectivity index (χ4v) is 1.98. The van der Waals surface area contributed by atoms with Crippen LogP contribution in [0.2, 0.25) is 5.02 Å². The van der Waals surface area contributed by atoms with Crippen molar-refractivity contribution in [3.8, 4) is 0 Å². The molecule has 1 amide bonds. The Morgan fingerprint density at radius 3 is 2.78 bits per heavy atom. The summed E-state index contributed by atoms with van der Waals surface area (Å²) in [6, 6.07) is 3.14. The minimum absolute atomic E-state index is 0.261. The van der Waals surface area contributed by atoms with E-state index >= 15 is 0 Å². The Labute approximate surface area is 138 Å². The summed E-state index contributed by atoms with van der Waals surface area (Å²) in [5.74, 6) is -0.468. The second kappa shape index (κ2) is 7.23. The number of esters is 1. The Balaban J connectivity index is 2.01. The van der Waals surface area contributed by atoms with Gasteiger partial charge >= 0.3 is 5.97 Å². The van der Waals surface area contributed by atoms with Gasteiger partial charge in [-0.2, -0.15) is 0 Å². The van der Waals surface area contributed by atoms with Crippen LogP contribution >= 0.6 is 11.6 Å². The van der Waals surface area contributed by atoms with Gasteiger partial charge in [-0.15, -0.1) is 0 Å². The average Bonchev–Trinajstić information content (AvgIpc) is 2.90. The summed E-state index contributed by atoms with van der Waals surface area (Å²) in [5, 5.41) is 6.78. The third-order valence-electron chi connectivity index (χ3n) is 3.10. The van der Waals surface area contributed by atoms with E-state index in [1.807, 2.05) is 6.92 Å². The monoisotopic (exact) mass is 337 g/mol. The van der Waals surface area contributed by atoms with E-state index in [1.54, 1.807) is 19.1 Å². The van der Waals surface area contributed by atoms with Gasteiger partial charge in [0.1, 0.15) is 17.1 Å². The third kappa shape index (κ3) is 4.07. The molecule has 0 aliphatic rings. The number of anilines is 1. The molecule has 8 heteroatoms. The quantitative estimate of drug-likeness (QED) is 0.843. The molecule has 1 atom stereocenters. The number of hydrogen-bond acceptors (Lipinski definition) is 6. The highest BCUT2D eigenvalue weighted by molar-refractivity contribution is 6.30. The lowest BCUT2D eigenvalue weighted by atomic mass is 10.1. The molecular formula is C15H16ClN3O4. The molecule has 7 nitrogen and oxygen atoms in total. The molecule has 0 bridgehead atoms. The molecule has 2 rings (SSSR count). The van der Waals surface area contributed by atoms with Crippen molar-refractivity contribution in [1.82, 2.24) is 10.1 Å². The number of pyridine rings is 1. The standard InChI is InChI=1S/C15H16ClN3O4/c1-4-11-13(8(2)23-19-11)15(21)22-9(3)14(20)18-12-6-5-10(16)7-17-12/h5-7,9H,4H2,1-3H3,(H,17,18,20)/t9-/m0/s1. The van der Waals surface area contributed by atoms with E-state index in [0.29, 0.717) is 28.7 Å². The van der Waals surface area contributed by atoms with E-state index in [0.717, 1.165) is 0 Å². The van der Waals surface area contributed by atoms with Crippen molar-refractivity contribution in [1.29, 1.82) is 0 Å². The van der Waals surface area contributed by atoms with Gasteiger partial charge in [-0.05, 0) is 32.4 Å². The smallest absolute Gasteiger partial charge is 0.344 e. The van der Waals surface area contributed by atoms with Gasteiger partial charge in [-0.3, -0.25) is 4.79 Å². The molecule has 0 unspecified atom stereocenters. The van der Waals surface area contributed by atoms with Crippen LogP contribution in [0.1, 0.15) is 35.7 Å². The van der Waals surface area contributed by atoms with E-state index in [1.165, 1.54) is 13.1 Å². The lowest BCUT2D eigenvalue weighted by molar-refractivity contribution is -0.123. The number of nitrogens with one attached hydrogen (secondary N) is 1. The maximum atomic E-state index is 12.2. The van der Waals surface area contributed by atoms with Crippen LogP contribution in [0.5, 0.6) is 0 Å². The number of halogens is 1. The molecule has 0 saturated carbocycles. The first-order valence-corrected chi connectivity index (χ1v) is 7.38. The van der Waals surface area contributed by atoms with E-state index in [9.17, 15) is 9.59 Å². The fraction of sp³-hybridized carbons (Fsp3) is 0.333. The number of aryl methyl sites for hydroxylation is 2. The number of carbonyl (C=O) groups excluding carboxylic acids is 2. The highest BCUT2D eigenvalue weighted by Gasteiger charge is 2.25. The first-order chi connectivity index (χ1) is 10.9. The zero-order chi connectivity index (χ0) is 17.0. The minimum Gasteiger partial charge on any atom is -0.449 e. The SMILES string of the molecule is CCc1noc(C)c1C(=O)O[C@@H](C)C(=O)Nc1ccc(Cl)cn1. The van der Waals surface area contributed by atoms with Crippen molar-refractivity contribution in [3.63, 3.8) is 0 Å². The first kappa shape index (κ1) is 17.0. The Morgan fingerprint density at radius 1 is 1.43 bits per heavy atom. The Bertz CT molecular complexity index is 712. The van der Waals surface area contributed by atoms with E-state index < -0.39 is 18.0 Å². The Kier molecular flexibility index (Phi) is 5.33. The fourth-order valence-electron chi connectivity index (χ4n) is 1.87. The molecule has 122 valence electrons. The molecule has 0 radical (unpaired) electrons. The molecule has 0 aromatic carbocycles. The second-order valence-electron chi connectivity index (χ2n) is 4.81. The van der Waals surface area contributed by atoms with Gasteiger partial charge in [-0.1, -0.05) is 23.7 Å². The van der Waals surface area contributed by atoms with Crippen LogP contribution in [-0.2, 0) is 16.0 Å². The number of amides is 1. The van der Waals surface area contributed by atoms with Crippen molar-refractivity contribution < 1.29 is 18.8 Å². The van der Waals surface area contributed by atoms with Crippen molar-refractivity contribution in [2.24, 2.45) is 0 Å². The minimum atomic E-state index is -1.00. The molecule has 2 aromatic rings. The topological polar surface area (TPSA) is 94.3 Å². The summed E-state index contributed by atoms with van der Waals surface area (Å²) in [4.78, 5) is 28.2. The molecule has 0 spiro atoms. The van der Waals surface area contributed by atoms with Crippen LogP contribution < -0.4 is 5.32 Å². The predicted octanol–water partition coefficient (Wildman–Crippen LogP) is 2.78. The van der Waals surface area contributed by atoms with Crippen LogP contribution in [0.3, 0.4) is 0 Å². The van der Waals surface area contributed by atoms with E-state index in [2.05, 4.69) is 15.5 Å². The number of ether oxygens (including phenoxy) is 1. The number of carbonyl (C=O) groups is 2. The van der Waals surface area contributed by atoms with Gasteiger partial charge in [0.25, 0.3) is 5.91 Å². The molecule has 0 fully saturated rings. The van der Waals surface area contributed by atoms with Crippen LogP contribution in [0.15, 0.2) is 22.9 Å². The van der Waals surface area contributed by atoms with Crippen LogP contribution in [-0.4, -0.2) is 28.1 Å². The summed E-state index contributed by atoms with van der Waals surface area (Å²) < 4.78 is 10.2.